The standard InChI is InChI=1S/C13H13ClN2O2S/c1-3-8-16(9-4-2)13-12-10(14)6-5-7-11(12)19(17,18)15-13/h3-7H,1-2,8-9H2. The highest BCUT2D eigenvalue weighted by molar-refractivity contribution is 7.90. The first kappa shape index (κ1) is 13.8. The highest BCUT2D eigenvalue weighted by Crippen LogP contribution is 2.32. The van der Waals surface area contributed by atoms with Crippen LogP contribution in [0.25, 0.3) is 0 Å². The summed E-state index contributed by atoms with van der Waals surface area (Å²) in [6.07, 6.45) is 3.35. The molecule has 0 aliphatic carbocycles. The van der Waals surface area contributed by atoms with Crippen LogP contribution in [0.1, 0.15) is 5.56 Å². The van der Waals surface area contributed by atoms with E-state index in [2.05, 4.69) is 17.6 Å². The van der Waals surface area contributed by atoms with Crippen molar-refractivity contribution in [1.82, 2.24) is 4.90 Å². The van der Waals surface area contributed by atoms with Crippen molar-refractivity contribution < 1.29 is 8.42 Å². The lowest BCUT2D eigenvalue weighted by Crippen LogP contribution is -2.31. The Morgan fingerprint density at radius 2 is 1.89 bits per heavy atom. The zero-order chi connectivity index (χ0) is 14.0. The molecule has 4 nitrogen and oxygen atoms in total. The fourth-order valence-electron chi connectivity index (χ4n) is 1.92. The first-order valence-electron chi connectivity index (χ1n) is 5.62. The zero-order valence-corrected chi connectivity index (χ0v) is 11.8. The fourth-order valence-corrected chi connectivity index (χ4v) is 3.48. The van der Waals surface area contributed by atoms with Gasteiger partial charge in [0.1, 0.15) is 4.90 Å². The molecule has 1 heterocycles. The molecule has 0 bridgehead atoms. The van der Waals surface area contributed by atoms with Crippen molar-refractivity contribution in [2.24, 2.45) is 4.40 Å². The summed E-state index contributed by atoms with van der Waals surface area (Å²) >= 11 is 6.11. The number of benzene rings is 1. The monoisotopic (exact) mass is 296 g/mol. The first-order valence-corrected chi connectivity index (χ1v) is 7.43. The smallest absolute Gasteiger partial charge is 0.285 e. The molecule has 0 unspecified atom stereocenters. The Hall–Kier alpha value is -1.59. The number of nitrogens with zero attached hydrogens (tertiary/aromatic N) is 2. The van der Waals surface area contributed by atoms with Gasteiger partial charge < -0.3 is 4.90 Å². The minimum Gasteiger partial charge on any atom is -0.348 e. The molecule has 0 amide bonds. The van der Waals surface area contributed by atoms with Crippen molar-refractivity contribution in [2.45, 2.75) is 4.90 Å². The maximum absolute atomic E-state index is 12.0. The van der Waals surface area contributed by atoms with E-state index in [4.69, 9.17) is 11.6 Å². The second-order valence-corrected chi connectivity index (χ2v) is 5.96. The van der Waals surface area contributed by atoms with Gasteiger partial charge in [-0.25, -0.2) is 0 Å². The van der Waals surface area contributed by atoms with Crippen LogP contribution >= 0.6 is 11.6 Å². The van der Waals surface area contributed by atoms with Gasteiger partial charge in [-0.3, -0.25) is 0 Å². The number of amidine groups is 1. The van der Waals surface area contributed by atoms with Gasteiger partial charge in [0.2, 0.25) is 0 Å². The second-order valence-electron chi connectivity index (χ2n) is 3.99. The van der Waals surface area contributed by atoms with Crippen molar-refractivity contribution in [2.75, 3.05) is 13.1 Å². The van der Waals surface area contributed by atoms with E-state index >= 15 is 0 Å². The maximum Gasteiger partial charge on any atom is 0.285 e. The lowest BCUT2D eigenvalue weighted by Gasteiger charge is -2.21. The molecule has 0 atom stereocenters. The van der Waals surface area contributed by atoms with Crippen LogP contribution in [0, 0.1) is 0 Å². The molecule has 1 aliphatic rings. The molecule has 100 valence electrons. The summed E-state index contributed by atoms with van der Waals surface area (Å²) in [5.41, 5.74) is 0.452. The molecule has 0 fully saturated rings. The van der Waals surface area contributed by atoms with E-state index in [1.807, 2.05) is 0 Å². The summed E-state index contributed by atoms with van der Waals surface area (Å²) < 4.78 is 27.8. The van der Waals surface area contributed by atoms with Crippen LogP contribution in [0.15, 0.2) is 52.8 Å². The van der Waals surface area contributed by atoms with Gasteiger partial charge in [-0.1, -0.05) is 29.8 Å². The summed E-state index contributed by atoms with van der Waals surface area (Å²) in [7, 11) is -3.67. The summed E-state index contributed by atoms with van der Waals surface area (Å²) in [4.78, 5) is 1.91. The largest absolute Gasteiger partial charge is 0.348 e. The van der Waals surface area contributed by atoms with E-state index in [0.717, 1.165) is 0 Å². The average molecular weight is 297 g/mol. The molecule has 0 N–H and O–H groups in total. The first-order chi connectivity index (χ1) is 9.01. The van der Waals surface area contributed by atoms with Crippen LogP contribution < -0.4 is 0 Å². The van der Waals surface area contributed by atoms with Crippen LogP contribution in [0.5, 0.6) is 0 Å². The van der Waals surface area contributed by atoms with Gasteiger partial charge in [-0.05, 0) is 12.1 Å². The number of hydrogen-bond donors (Lipinski definition) is 0. The second kappa shape index (κ2) is 5.19. The van der Waals surface area contributed by atoms with Gasteiger partial charge in [0.25, 0.3) is 10.0 Å². The Morgan fingerprint density at radius 3 is 2.47 bits per heavy atom. The summed E-state index contributed by atoms with van der Waals surface area (Å²) in [5.74, 6) is 0.348. The molecular weight excluding hydrogens is 284 g/mol. The van der Waals surface area contributed by atoms with Gasteiger partial charge in [0.15, 0.2) is 5.84 Å². The zero-order valence-electron chi connectivity index (χ0n) is 10.2. The van der Waals surface area contributed by atoms with Crippen LogP contribution in [0.3, 0.4) is 0 Å². The fraction of sp³-hybridized carbons (Fsp3) is 0.154. The number of rotatable bonds is 4. The van der Waals surface area contributed by atoms with Crippen LogP contribution in [0.4, 0.5) is 0 Å². The molecule has 2 rings (SSSR count). The summed E-state index contributed by atoms with van der Waals surface area (Å²) in [5, 5.41) is 0.371. The average Bonchev–Trinajstić information content (AvgIpc) is 2.63. The van der Waals surface area contributed by atoms with Gasteiger partial charge >= 0.3 is 0 Å². The van der Waals surface area contributed by atoms with Crippen molar-refractivity contribution in [1.29, 1.82) is 0 Å². The predicted octanol–water partition coefficient (Wildman–Crippen LogP) is 2.46. The van der Waals surface area contributed by atoms with Crippen LogP contribution in [-0.4, -0.2) is 32.2 Å². The summed E-state index contributed by atoms with van der Waals surface area (Å²) in [6, 6.07) is 4.76. The molecule has 6 heteroatoms. The maximum atomic E-state index is 12.0. The van der Waals surface area contributed by atoms with Gasteiger partial charge in [0, 0.05) is 13.1 Å². The van der Waals surface area contributed by atoms with Crippen molar-refractivity contribution in [3.63, 3.8) is 0 Å². The molecule has 0 aromatic heterocycles. The molecule has 0 saturated carbocycles. The van der Waals surface area contributed by atoms with Gasteiger partial charge in [-0.2, -0.15) is 8.42 Å². The molecular formula is C13H13ClN2O2S. The number of hydrogen-bond acceptors (Lipinski definition) is 3. The molecule has 1 aromatic carbocycles. The lowest BCUT2D eigenvalue weighted by molar-refractivity contribution is 0.515. The number of halogens is 1. The minimum absolute atomic E-state index is 0.146. The third-order valence-corrected chi connectivity index (χ3v) is 4.31. The van der Waals surface area contributed by atoms with Crippen LogP contribution in [0.2, 0.25) is 5.02 Å². The van der Waals surface area contributed by atoms with Crippen molar-refractivity contribution in [3.05, 3.63) is 54.1 Å². The van der Waals surface area contributed by atoms with E-state index in [-0.39, 0.29) is 4.90 Å². The normalized spacial score (nSPS) is 15.5. The Labute approximate surface area is 117 Å². The van der Waals surface area contributed by atoms with E-state index in [0.29, 0.717) is 29.5 Å². The Morgan fingerprint density at radius 1 is 1.26 bits per heavy atom. The quantitative estimate of drug-likeness (QED) is 0.802. The summed E-state index contributed by atoms with van der Waals surface area (Å²) in [6.45, 7) is 8.24. The highest BCUT2D eigenvalue weighted by Gasteiger charge is 2.33. The molecule has 1 aliphatic heterocycles. The van der Waals surface area contributed by atoms with Crippen LogP contribution in [-0.2, 0) is 10.0 Å². The highest BCUT2D eigenvalue weighted by atomic mass is 35.5. The Kier molecular flexibility index (Phi) is 3.78. The van der Waals surface area contributed by atoms with E-state index in [1.54, 1.807) is 29.2 Å². The molecule has 1 aromatic rings. The van der Waals surface area contributed by atoms with Gasteiger partial charge in [0.05, 0.1) is 10.6 Å². The molecule has 0 radical (unpaired) electrons. The van der Waals surface area contributed by atoms with Crippen molar-refractivity contribution in [3.8, 4) is 0 Å². The molecule has 19 heavy (non-hydrogen) atoms. The Balaban J connectivity index is 2.60. The van der Waals surface area contributed by atoms with Gasteiger partial charge in [-0.15, -0.1) is 17.6 Å². The third-order valence-electron chi connectivity index (χ3n) is 2.68. The molecule has 0 saturated heterocycles. The number of fused-ring (bicyclic) bond motifs is 1. The lowest BCUT2D eigenvalue weighted by atomic mass is 10.2. The van der Waals surface area contributed by atoms with Crippen molar-refractivity contribution >= 4 is 27.5 Å². The topological polar surface area (TPSA) is 49.7 Å². The Bertz CT molecular complexity index is 655. The van der Waals surface area contributed by atoms with E-state index in [9.17, 15) is 8.42 Å². The van der Waals surface area contributed by atoms with E-state index < -0.39 is 10.0 Å². The molecule has 0 spiro atoms. The van der Waals surface area contributed by atoms with E-state index in [1.165, 1.54) is 6.07 Å². The minimum atomic E-state index is -3.67. The third kappa shape index (κ3) is 2.43. The number of sulfonamides is 1. The predicted molar refractivity (Wildman–Crippen MR) is 77.1 cm³/mol. The SMILES string of the molecule is C=CCN(CC=C)C1=NS(=O)(=O)c2cccc(Cl)c21.